The zero-order valence-corrected chi connectivity index (χ0v) is 11.7. The first kappa shape index (κ1) is 15.2. The van der Waals surface area contributed by atoms with Crippen molar-refractivity contribution in [3.8, 4) is 0 Å². The lowest BCUT2D eigenvalue weighted by atomic mass is 10.1. The third-order valence-corrected chi connectivity index (χ3v) is 3.38. The van der Waals surface area contributed by atoms with Crippen LogP contribution in [0.3, 0.4) is 0 Å². The van der Waals surface area contributed by atoms with Gasteiger partial charge in [-0.2, -0.15) is 0 Å². The van der Waals surface area contributed by atoms with Crippen LogP contribution in [0.1, 0.15) is 10.4 Å². The SMILES string of the molecule is CN1CCN(NC(=O)c2ccc(NN)c([N+](=O)[O-])c2)CC1. The van der Waals surface area contributed by atoms with Crippen molar-refractivity contribution in [2.75, 3.05) is 38.7 Å². The van der Waals surface area contributed by atoms with Gasteiger partial charge in [-0.3, -0.25) is 26.2 Å². The first-order valence-corrected chi connectivity index (χ1v) is 6.51. The van der Waals surface area contributed by atoms with E-state index >= 15 is 0 Å². The van der Waals surface area contributed by atoms with Crippen LogP contribution in [0.2, 0.25) is 0 Å². The van der Waals surface area contributed by atoms with E-state index in [1.165, 1.54) is 18.2 Å². The fourth-order valence-electron chi connectivity index (χ4n) is 2.07. The number of anilines is 1. The highest BCUT2D eigenvalue weighted by molar-refractivity contribution is 5.95. The highest BCUT2D eigenvalue weighted by Crippen LogP contribution is 2.24. The Morgan fingerprint density at radius 1 is 1.33 bits per heavy atom. The first-order valence-electron chi connectivity index (χ1n) is 6.51. The molecule has 1 heterocycles. The molecule has 0 aromatic heterocycles. The van der Waals surface area contributed by atoms with E-state index in [2.05, 4.69) is 15.8 Å². The lowest BCUT2D eigenvalue weighted by Crippen LogP contribution is -2.52. The van der Waals surface area contributed by atoms with Crippen LogP contribution in [0.25, 0.3) is 0 Å². The third kappa shape index (κ3) is 3.66. The Hall–Kier alpha value is -2.23. The summed E-state index contributed by atoms with van der Waals surface area (Å²) in [6.45, 7) is 3.15. The van der Waals surface area contributed by atoms with Crippen molar-refractivity contribution in [3.63, 3.8) is 0 Å². The van der Waals surface area contributed by atoms with Gasteiger partial charge in [0.15, 0.2) is 0 Å². The molecule has 1 aromatic carbocycles. The monoisotopic (exact) mass is 294 g/mol. The Kier molecular flexibility index (Phi) is 4.68. The van der Waals surface area contributed by atoms with Gasteiger partial charge in [0, 0.05) is 37.8 Å². The third-order valence-electron chi connectivity index (χ3n) is 3.38. The van der Waals surface area contributed by atoms with Crippen molar-refractivity contribution < 1.29 is 9.72 Å². The molecule has 0 unspecified atom stereocenters. The molecule has 0 radical (unpaired) electrons. The number of amides is 1. The molecule has 0 saturated carbocycles. The van der Waals surface area contributed by atoms with Gasteiger partial charge in [-0.15, -0.1) is 0 Å². The van der Waals surface area contributed by atoms with Gasteiger partial charge in [0.05, 0.1) is 4.92 Å². The summed E-state index contributed by atoms with van der Waals surface area (Å²) in [4.78, 5) is 24.7. The molecule has 1 aliphatic rings. The van der Waals surface area contributed by atoms with Crippen molar-refractivity contribution in [1.82, 2.24) is 15.3 Å². The van der Waals surface area contributed by atoms with Crippen molar-refractivity contribution in [1.29, 1.82) is 0 Å². The Morgan fingerprint density at radius 3 is 2.57 bits per heavy atom. The average Bonchev–Trinajstić information content (AvgIpc) is 2.48. The number of benzene rings is 1. The van der Waals surface area contributed by atoms with Crippen LogP contribution in [0.5, 0.6) is 0 Å². The first-order chi connectivity index (χ1) is 10.0. The minimum absolute atomic E-state index is 0.163. The predicted octanol–water partition coefficient (Wildman–Crippen LogP) is -0.227. The number of nitro benzene ring substituents is 1. The van der Waals surface area contributed by atoms with Gasteiger partial charge in [-0.1, -0.05) is 0 Å². The van der Waals surface area contributed by atoms with Crippen LogP contribution in [0.15, 0.2) is 18.2 Å². The van der Waals surface area contributed by atoms with Crippen LogP contribution < -0.4 is 16.7 Å². The number of hydrogen-bond acceptors (Lipinski definition) is 7. The molecule has 0 spiro atoms. The lowest BCUT2D eigenvalue weighted by molar-refractivity contribution is -0.384. The van der Waals surface area contributed by atoms with Gasteiger partial charge in [0.25, 0.3) is 11.6 Å². The molecule has 1 aliphatic heterocycles. The van der Waals surface area contributed by atoms with Crippen molar-refractivity contribution >= 4 is 17.3 Å². The molecule has 0 aliphatic carbocycles. The summed E-state index contributed by atoms with van der Waals surface area (Å²) < 4.78 is 0. The topological polar surface area (TPSA) is 117 Å². The van der Waals surface area contributed by atoms with Crippen molar-refractivity contribution in [2.24, 2.45) is 5.84 Å². The van der Waals surface area contributed by atoms with Crippen LogP contribution in [-0.2, 0) is 0 Å². The molecular weight excluding hydrogens is 276 g/mol. The number of hydrazine groups is 2. The van der Waals surface area contributed by atoms with Gasteiger partial charge in [0.1, 0.15) is 5.69 Å². The molecule has 0 atom stereocenters. The number of likely N-dealkylation sites (N-methyl/N-ethyl adjacent to an activating group) is 1. The smallest absolute Gasteiger partial charge is 0.294 e. The zero-order valence-electron chi connectivity index (χ0n) is 11.7. The molecule has 2 rings (SSSR count). The van der Waals surface area contributed by atoms with E-state index in [0.717, 1.165) is 13.1 Å². The standard InChI is InChI=1S/C12H18N6O3/c1-16-4-6-17(7-5-16)15-12(19)9-2-3-10(14-13)11(8-9)18(20)21/h2-3,8,14H,4-7,13H2,1H3,(H,15,19). The van der Waals surface area contributed by atoms with Crippen molar-refractivity contribution in [2.45, 2.75) is 0 Å². The molecule has 1 aromatic rings. The highest BCUT2D eigenvalue weighted by atomic mass is 16.6. The Morgan fingerprint density at radius 2 is 2.00 bits per heavy atom. The largest absolute Gasteiger partial charge is 0.318 e. The summed E-state index contributed by atoms with van der Waals surface area (Å²) in [5.74, 6) is 4.84. The normalized spacial score (nSPS) is 16.5. The highest BCUT2D eigenvalue weighted by Gasteiger charge is 2.20. The molecule has 9 heteroatoms. The number of carbonyl (C=O) groups is 1. The molecule has 21 heavy (non-hydrogen) atoms. The Labute approximate surface area is 121 Å². The number of nitrogens with zero attached hydrogens (tertiary/aromatic N) is 3. The number of nitro groups is 1. The molecule has 114 valence electrons. The van der Waals surface area contributed by atoms with Crippen LogP contribution in [-0.4, -0.2) is 54.0 Å². The summed E-state index contributed by atoms with van der Waals surface area (Å²) in [6, 6.07) is 4.12. The van der Waals surface area contributed by atoms with Gasteiger partial charge >= 0.3 is 0 Å². The van der Waals surface area contributed by atoms with E-state index in [1.807, 2.05) is 12.1 Å². The van der Waals surface area contributed by atoms with Crippen LogP contribution >= 0.6 is 0 Å². The van der Waals surface area contributed by atoms with E-state index in [0.29, 0.717) is 13.1 Å². The maximum absolute atomic E-state index is 12.1. The van der Waals surface area contributed by atoms with Crippen LogP contribution in [0, 0.1) is 10.1 Å². The van der Waals surface area contributed by atoms with Gasteiger partial charge in [-0.05, 0) is 19.2 Å². The minimum atomic E-state index is -0.582. The molecule has 1 saturated heterocycles. The van der Waals surface area contributed by atoms with Gasteiger partial charge in [0.2, 0.25) is 0 Å². The number of nitrogens with one attached hydrogen (secondary N) is 2. The zero-order chi connectivity index (χ0) is 15.4. The maximum Gasteiger partial charge on any atom is 0.294 e. The molecule has 4 N–H and O–H groups in total. The van der Waals surface area contributed by atoms with E-state index in [1.54, 1.807) is 0 Å². The van der Waals surface area contributed by atoms with Gasteiger partial charge < -0.3 is 10.3 Å². The summed E-state index contributed by atoms with van der Waals surface area (Å²) in [5, 5.41) is 12.8. The minimum Gasteiger partial charge on any atom is -0.318 e. The second-order valence-corrected chi connectivity index (χ2v) is 4.86. The molecule has 1 fully saturated rings. The van der Waals surface area contributed by atoms with E-state index in [4.69, 9.17) is 5.84 Å². The molecule has 1 amide bonds. The number of rotatable bonds is 4. The van der Waals surface area contributed by atoms with E-state index < -0.39 is 4.92 Å². The number of nitrogens with two attached hydrogens (primary N) is 1. The maximum atomic E-state index is 12.1. The molecular formula is C12H18N6O3. The summed E-state index contributed by atoms with van der Waals surface area (Å²) >= 11 is 0. The molecule has 0 bridgehead atoms. The second kappa shape index (κ2) is 6.48. The second-order valence-electron chi connectivity index (χ2n) is 4.86. The Balaban J connectivity index is 2.09. The summed E-state index contributed by atoms with van der Waals surface area (Å²) in [5.41, 5.74) is 5.14. The number of piperazine rings is 1. The number of hydrogen-bond donors (Lipinski definition) is 3. The quantitative estimate of drug-likeness (QED) is 0.399. The van der Waals surface area contributed by atoms with E-state index in [9.17, 15) is 14.9 Å². The number of carbonyl (C=O) groups excluding carboxylic acids is 1. The summed E-state index contributed by atoms with van der Waals surface area (Å²) in [6.07, 6.45) is 0. The lowest BCUT2D eigenvalue weighted by Gasteiger charge is -2.32. The molecule has 9 nitrogen and oxygen atoms in total. The number of nitrogen functional groups attached to an aromatic ring is 1. The Bertz CT molecular complexity index is 542. The fourth-order valence-corrected chi connectivity index (χ4v) is 2.07. The van der Waals surface area contributed by atoms with Gasteiger partial charge in [-0.25, -0.2) is 5.01 Å². The summed E-state index contributed by atoms with van der Waals surface area (Å²) in [7, 11) is 2.01. The van der Waals surface area contributed by atoms with Crippen molar-refractivity contribution in [3.05, 3.63) is 33.9 Å². The average molecular weight is 294 g/mol. The van der Waals surface area contributed by atoms with E-state index in [-0.39, 0.29) is 22.8 Å². The predicted molar refractivity (Wildman–Crippen MR) is 77.4 cm³/mol. The van der Waals surface area contributed by atoms with Crippen LogP contribution in [0.4, 0.5) is 11.4 Å². The fraction of sp³-hybridized carbons (Fsp3) is 0.417.